The molecule has 2 heterocycles. The highest BCUT2D eigenvalue weighted by Gasteiger charge is 2.50. The summed E-state index contributed by atoms with van der Waals surface area (Å²) in [5, 5.41) is 5.01. The second-order valence-electron chi connectivity index (χ2n) is 13.3. The molecule has 0 saturated heterocycles. The van der Waals surface area contributed by atoms with Gasteiger partial charge in [0.25, 0.3) is 0 Å². The van der Waals surface area contributed by atoms with Crippen molar-refractivity contribution in [3.63, 3.8) is 0 Å². The van der Waals surface area contributed by atoms with E-state index in [2.05, 4.69) is 180 Å². The van der Waals surface area contributed by atoms with Gasteiger partial charge in [-0.1, -0.05) is 127 Å². The van der Waals surface area contributed by atoms with Gasteiger partial charge in [-0.25, -0.2) is 0 Å². The van der Waals surface area contributed by atoms with Gasteiger partial charge in [0.05, 0.1) is 16.4 Å². The molecule has 0 N–H and O–H groups in total. The molecule has 0 radical (unpaired) electrons. The summed E-state index contributed by atoms with van der Waals surface area (Å²) in [4.78, 5) is 0. The first kappa shape index (κ1) is 26.7. The van der Waals surface area contributed by atoms with Crippen molar-refractivity contribution in [2.75, 3.05) is 0 Å². The van der Waals surface area contributed by atoms with Crippen molar-refractivity contribution in [2.45, 2.75) is 5.41 Å². The third-order valence-electron chi connectivity index (χ3n) is 10.8. The third-order valence-corrected chi connectivity index (χ3v) is 10.8. The summed E-state index contributed by atoms with van der Waals surface area (Å²) in [7, 11) is 0. The third kappa shape index (κ3) is 3.55. The lowest BCUT2D eigenvalue weighted by molar-refractivity contribution is 0.436. The average Bonchev–Trinajstić information content (AvgIpc) is 3.64. The maximum absolute atomic E-state index is 6.71. The van der Waals surface area contributed by atoms with E-state index in [1.54, 1.807) is 0 Å². The van der Waals surface area contributed by atoms with Crippen LogP contribution in [0.15, 0.2) is 176 Å². The summed E-state index contributed by atoms with van der Waals surface area (Å²) in [6.45, 7) is 0. The van der Waals surface area contributed by atoms with E-state index in [-0.39, 0.29) is 0 Å². The topological polar surface area (TPSA) is 14.2 Å². The van der Waals surface area contributed by atoms with Crippen LogP contribution >= 0.6 is 0 Å². The number of ether oxygens (including phenoxy) is 1. The molecule has 0 unspecified atom stereocenters. The molecule has 0 bridgehead atoms. The Bertz CT molecular complexity index is 2760. The van der Waals surface area contributed by atoms with Crippen LogP contribution in [0.4, 0.5) is 0 Å². The molecule has 0 saturated carbocycles. The van der Waals surface area contributed by atoms with Gasteiger partial charge in [-0.15, -0.1) is 0 Å². The van der Waals surface area contributed by atoms with Crippen molar-refractivity contribution in [1.29, 1.82) is 0 Å². The van der Waals surface area contributed by atoms with Crippen molar-refractivity contribution in [1.82, 2.24) is 4.57 Å². The first-order chi connectivity index (χ1) is 24.3. The second kappa shape index (κ2) is 9.82. The number of fused-ring (bicyclic) bond motifs is 13. The van der Waals surface area contributed by atoms with Crippen molar-refractivity contribution in [2.24, 2.45) is 0 Å². The lowest BCUT2D eigenvalue weighted by atomic mass is 9.66. The van der Waals surface area contributed by atoms with Gasteiger partial charge < -0.3 is 9.30 Å². The molecule has 1 aromatic heterocycles. The number of hydrogen-bond donors (Lipinski definition) is 0. The standard InChI is InChI=1S/C47H29NO/c1-2-14-34(15-3-1)48-43-29-33(22-24-37(43)38-26-30-12-4-5-13-31(30)28-44(38)48)32-23-25-46-42(27-32)47(41-20-10-11-21-45(41)49-46)39-18-8-6-16-35(39)36-17-7-9-19-40(36)47/h1-29H. The zero-order chi connectivity index (χ0) is 32.1. The SMILES string of the molecule is c1ccc(-n2c3cc(-c4ccc5c(c4)C4(c6ccccc6O5)c5ccccc5-c5ccccc54)ccc3c3cc4ccccc4cc32)cc1. The highest BCUT2D eigenvalue weighted by Crippen LogP contribution is 2.62. The second-order valence-corrected chi connectivity index (χ2v) is 13.3. The van der Waals surface area contributed by atoms with Crippen LogP contribution in [0.1, 0.15) is 22.3 Å². The number of rotatable bonds is 2. The van der Waals surface area contributed by atoms with Gasteiger partial charge in [0.2, 0.25) is 0 Å². The number of aromatic nitrogens is 1. The molecule has 1 aliphatic heterocycles. The monoisotopic (exact) mass is 623 g/mol. The molecular formula is C47H29NO. The first-order valence-corrected chi connectivity index (χ1v) is 16.9. The smallest absolute Gasteiger partial charge is 0.132 e. The molecule has 1 spiro atoms. The Morgan fingerprint density at radius 1 is 0.388 bits per heavy atom. The molecule has 49 heavy (non-hydrogen) atoms. The molecule has 11 rings (SSSR count). The minimum absolute atomic E-state index is 0.490. The predicted molar refractivity (Wildman–Crippen MR) is 201 cm³/mol. The minimum atomic E-state index is -0.490. The predicted octanol–water partition coefficient (Wildman–Crippen LogP) is 12.1. The fraction of sp³-hybridized carbons (Fsp3) is 0.0213. The van der Waals surface area contributed by atoms with Crippen LogP contribution in [0.5, 0.6) is 11.5 Å². The van der Waals surface area contributed by atoms with Crippen LogP contribution in [0.3, 0.4) is 0 Å². The Kier molecular flexibility index (Phi) is 5.34. The molecule has 9 aromatic rings. The van der Waals surface area contributed by atoms with Crippen LogP contribution in [-0.4, -0.2) is 4.57 Å². The van der Waals surface area contributed by atoms with Crippen molar-refractivity contribution >= 4 is 32.6 Å². The van der Waals surface area contributed by atoms with Gasteiger partial charge in [0.15, 0.2) is 0 Å². The Morgan fingerprint density at radius 3 is 1.73 bits per heavy atom. The maximum atomic E-state index is 6.71. The lowest BCUT2D eigenvalue weighted by Gasteiger charge is -2.39. The highest BCUT2D eigenvalue weighted by atomic mass is 16.5. The largest absolute Gasteiger partial charge is 0.457 e. The van der Waals surface area contributed by atoms with E-state index in [1.165, 1.54) is 77.1 Å². The quantitative estimate of drug-likeness (QED) is 0.187. The Hall–Kier alpha value is -6.38. The Morgan fingerprint density at radius 2 is 0.959 bits per heavy atom. The van der Waals surface area contributed by atoms with Gasteiger partial charge in [-0.2, -0.15) is 0 Å². The van der Waals surface area contributed by atoms with Crippen molar-refractivity contribution < 1.29 is 4.74 Å². The highest BCUT2D eigenvalue weighted by molar-refractivity contribution is 6.14. The minimum Gasteiger partial charge on any atom is -0.457 e. The van der Waals surface area contributed by atoms with E-state index in [9.17, 15) is 0 Å². The Balaban J connectivity index is 1.19. The van der Waals surface area contributed by atoms with Crippen molar-refractivity contribution in [3.05, 3.63) is 198 Å². The molecule has 8 aromatic carbocycles. The normalized spacial score (nSPS) is 13.6. The maximum Gasteiger partial charge on any atom is 0.132 e. The molecule has 2 aliphatic rings. The molecule has 0 amide bonds. The van der Waals surface area contributed by atoms with Gasteiger partial charge in [0.1, 0.15) is 11.5 Å². The molecule has 0 fully saturated rings. The average molecular weight is 624 g/mol. The van der Waals surface area contributed by atoms with Gasteiger partial charge in [-0.3, -0.25) is 0 Å². The van der Waals surface area contributed by atoms with E-state index < -0.39 is 5.41 Å². The molecule has 2 nitrogen and oxygen atoms in total. The van der Waals surface area contributed by atoms with E-state index in [1.807, 2.05) is 0 Å². The summed E-state index contributed by atoms with van der Waals surface area (Å²) in [5.41, 5.74) is 13.0. The zero-order valence-corrected chi connectivity index (χ0v) is 26.6. The fourth-order valence-corrected chi connectivity index (χ4v) is 8.77. The summed E-state index contributed by atoms with van der Waals surface area (Å²) in [6, 6.07) is 64.2. The van der Waals surface area contributed by atoms with Crippen LogP contribution < -0.4 is 4.74 Å². The van der Waals surface area contributed by atoms with Crippen LogP contribution in [0, 0.1) is 0 Å². The first-order valence-electron chi connectivity index (χ1n) is 16.9. The molecule has 0 atom stereocenters. The van der Waals surface area contributed by atoms with Crippen LogP contribution in [-0.2, 0) is 5.41 Å². The van der Waals surface area contributed by atoms with E-state index in [0.29, 0.717) is 0 Å². The molecule has 1 aliphatic carbocycles. The molecular weight excluding hydrogens is 595 g/mol. The van der Waals surface area contributed by atoms with Crippen LogP contribution in [0.25, 0.3) is 60.5 Å². The van der Waals surface area contributed by atoms with E-state index in [4.69, 9.17) is 4.74 Å². The zero-order valence-electron chi connectivity index (χ0n) is 26.6. The lowest BCUT2D eigenvalue weighted by Crippen LogP contribution is -2.32. The van der Waals surface area contributed by atoms with Crippen molar-refractivity contribution in [3.8, 4) is 39.4 Å². The molecule has 2 heteroatoms. The summed E-state index contributed by atoms with van der Waals surface area (Å²) < 4.78 is 9.13. The number of hydrogen-bond acceptors (Lipinski definition) is 1. The summed E-state index contributed by atoms with van der Waals surface area (Å²) in [6.07, 6.45) is 0. The van der Waals surface area contributed by atoms with Gasteiger partial charge in [-0.05, 0) is 92.7 Å². The van der Waals surface area contributed by atoms with Crippen LogP contribution in [0.2, 0.25) is 0 Å². The van der Waals surface area contributed by atoms with E-state index in [0.717, 1.165) is 17.2 Å². The fourth-order valence-electron chi connectivity index (χ4n) is 8.77. The summed E-state index contributed by atoms with van der Waals surface area (Å²) >= 11 is 0. The van der Waals surface area contributed by atoms with Gasteiger partial charge >= 0.3 is 0 Å². The summed E-state index contributed by atoms with van der Waals surface area (Å²) in [5.74, 6) is 1.82. The Labute approximate surface area is 284 Å². The van der Waals surface area contributed by atoms with Gasteiger partial charge in [0, 0.05) is 27.6 Å². The number of para-hydroxylation sites is 2. The number of benzene rings is 8. The number of nitrogens with zero attached hydrogens (tertiary/aromatic N) is 1. The van der Waals surface area contributed by atoms with E-state index >= 15 is 0 Å². The molecule has 228 valence electrons.